The molecule has 1 aliphatic heterocycles. The van der Waals surface area contributed by atoms with E-state index in [0.717, 1.165) is 28.0 Å². The molecule has 0 spiro atoms. The summed E-state index contributed by atoms with van der Waals surface area (Å²) in [6.07, 6.45) is 1.91. The summed E-state index contributed by atoms with van der Waals surface area (Å²) in [6.45, 7) is 10.0. The first-order valence-electron chi connectivity index (χ1n) is 11.7. The first kappa shape index (κ1) is 24.7. The Bertz CT molecular complexity index is 1480. The van der Waals surface area contributed by atoms with Crippen LogP contribution in [0.15, 0.2) is 63.5 Å². The molecule has 0 unspecified atom stereocenters. The molecule has 7 heteroatoms. The number of benzene rings is 2. The number of carbonyl (C=O) groups is 1. The molecule has 0 amide bonds. The molecule has 0 saturated heterocycles. The van der Waals surface area contributed by atoms with Gasteiger partial charge in [-0.05, 0) is 67.2 Å². The standard InChI is InChI=1S/C28H30N2O4S/c1-7-34-27(32)24-18(5)29-28-30(25(24)19-11-9-8-10-12-19)26(31)23(35-28)15-20-14-21(16(2)3)22(33-6)13-17(20)4/h8-16,25H,7H2,1-6H3/b23-15-/t25-/m1/s1. The molecule has 2 heterocycles. The molecule has 1 aromatic heterocycles. The highest BCUT2D eigenvalue weighted by atomic mass is 32.1. The van der Waals surface area contributed by atoms with Gasteiger partial charge in [-0.15, -0.1) is 0 Å². The number of methoxy groups -OCH3 is 1. The van der Waals surface area contributed by atoms with Crippen molar-refractivity contribution in [2.24, 2.45) is 4.99 Å². The number of hydrogen-bond donors (Lipinski definition) is 0. The smallest absolute Gasteiger partial charge is 0.338 e. The van der Waals surface area contributed by atoms with Gasteiger partial charge in [-0.2, -0.15) is 0 Å². The highest BCUT2D eigenvalue weighted by Crippen LogP contribution is 2.31. The SMILES string of the molecule is CCOC(=O)C1=C(C)N=c2s/c(=C\c3cc(C(C)C)c(OC)cc3C)c(=O)n2[C@@H]1c1ccccc1. The topological polar surface area (TPSA) is 69.9 Å². The zero-order valence-electron chi connectivity index (χ0n) is 20.9. The lowest BCUT2D eigenvalue weighted by Gasteiger charge is -2.24. The highest BCUT2D eigenvalue weighted by molar-refractivity contribution is 7.07. The fraction of sp³-hybridized carbons (Fsp3) is 0.321. The number of carbonyl (C=O) groups excluding carboxylic acids is 1. The molecule has 0 radical (unpaired) electrons. The lowest BCUT2D eigenvalue weighted by molar-refractivity contribution is -0.139. The van der Waals surface area contributed by atoms with Gasteiger partial charge in [0.2, 0.25) is 0 Å². The summed E-state index contributed by atoms with van der Waals surface area (Å²) in [6, 6.07) is 13.0. The lowest BCUT2D eigenvalue weighted by Crippen LogP contribution is -2.39. The zero-order chi connectivity index (χ0) is 25.3. The van der Waals surface area contributed by atoms with E-state index in [1.165, 1.54) is 11.3 Å². The molecular formula is C28H30N2O4S. The minimum atomic E-state index is -0.600. The van der Waals surface area contributed by atoms with Crippen LogP contribution in [0.2, 0.25) is 0 Å². The van der Waals surface area contributed by atoms with Gasteiger partial charge in [-0.3, -0.25) is 9.36 Å². The van der Waals surface area contributed by atoms with Crippen LogP contribution in [0.4, 0.5) is 0 Å². The summed E-state index contributed by atoms with van der Waals surface area (Å²) < 4.78 is 13.1. The molecule has 6 nitrogen and oxygen atoms in total. The maximum absolute atomic E-state index is 13.8. The molecule has 1 atom stereocenters. The van der Waals surface area contributed by atoms with Crippen LogP contribution < -0.4 is 19.6 Å². The van der Waals surface area contributed by atoms with Gasteiger partial charge in [0, 0.05) is 0 Å². The van der Waals surface area contributed by atoms with Crippen molar-refractivity contribution in [3.63, 3.8) is 0 Å². The average molecular weight is 491 g/mol. The van der Waals surface area contributed by atoms with Crippen molar-refractivity contribution in [2.75, 3.05) is 13.7 Å². The van der Waals surface area contributed by atoms with Crippen LogP contribution >= 0.6 is 11.3 Å². The van der Waals surface area contributed by atoms with Crippen LogP contribution in [-0.2, 0) is 9.53 Å². The van der Waals surface area contributed by atoms with E-state index < -0.39 is 12.0 Å². The second kappa shape index (κ2) is 10.0. The molecule has 0 aliphatic carbocycles. The van der Waals surface area contributed by atoms with Gasteiger partial charge < -0.3 is 9.47 Å². The van der Waals surface area contributed by atoms with Crippen molar-refractivity contribution in [1.29, 1.82) is 0 Å². The van der Waals surface area contributed by atoms with Crippen molar-refractivity contribution >= 4 is 23.4 Å². The summed E-state index contributed by atoms with van der Waals surface area (Å²) in [7, 11) is 1.67. The predicted molar refractivity (Wildman–Crippen MR) is 139 cm³/mol. The Kier molecular flexibility index (Phi) is 7.08. The monoisotopic (exact) mass is 490 g/mol. The number of allylic oxidation sites excluding steroid dienone is 1. The van der Waals surface area contributed by atoms with Crippen molar-refractivity contribution in [3.8, 4) is 5.75 Å². The van der Waals surface area contributed by atoms with E-state index in [-0.39, 0.29) is 18.1 Å². The molecule has 182 valence electrons. The van der Waals surface area contributed by atoms with E-state index in [2.05, 4.69) is 24.9 Å². The molecule has 3 aromatic rings. The second-order valence-electron chi connectivity index (χ2n) is 8.82. The van der Waals surface area contributed by atoms with Crippen LogP contribution in [0.3, 0.4) is 0 Å². The van der Waals surface area contributed by atoms with Crippen LogP contribution in [-0.4, -0.2) is 24.3 Å². The van der Waals surface area contributed by atoms with Crippen molar-refractivity contribution in [3.05, 3.63) is 95.7 Å². The van der Waals surface area contributed by atoms with Crippen molar-refractivity contribution in [1.82, 2.24) is 4.57 Å². The van der Waals surface area contributed by atoms with Crippen molar-refractivity contribution in [2.45, 2.75) is 46.6 Å². The molecular weight excluding hydrogens is 460 g/mol. The van der Waals surface area contributed by atoms with Crippen LogP contribution in [0.1, 0.15) is 61.9 Å². The van der Waals surface area contributed by atoms with Crippen LogP contribution in [0.25, 0.3) is 6.08 Å². The van der Waals surface area contributed by atoms with Gasteiger partial charge in [0.05, 0.1) is 35.6 Å². The first-order valence-corrected chi connectivity index (χ1v) is 12.5. The Hall–Kier alpha value is -3.45. The van der Waals surface area contributed by atoms with Gasteiger partial charge in [0.15, 0.2) is 4.80 Å². The highest BCUT2D eigenvalue weighted by Gasteiger charge is 2.33. The van der Waals surface area contributed by atoms with E-state index in [9.17, 15) is 9.59 Å². The number of hydrogen-bond acceptors (Lipinski definition) is 6. The van der Waals surface area contributed by atoms with Crippen LogP contribution in [0.5, 0.6) is 5.75 Å². The Morgan fingerprint density at radius 2 is 1.91 bits per heavy atom. The Labute approximate surface area is 208 Å². The summed E-state index contributed by atoms with van der Waals surface area (Å²) in [5.41, 5.74) is 4.66. The Morgan fingerprint density at radius 3 is 2.54 bits per heavy atom. The summed E-state index contributed by atoms with van der Waals surface area (Å²) >= 11 is 1.33. The average Bonchev–Trinajstić information content (AvgIpc) is 3.14. The number of fused-ring (bicyclic) bond motifs is 1. The Morgan fingerprint density at radius 1 is 1.20 bits per heavy atom. The maximum Gasteiger partial charge on any atom is 0.338 e. The molecule has 35 heavy (non-hydrogen) atoms. The third-order valence-electron chi connectivity index (χ3n) is 6.16. The molecule has 0 bridgehead atoms. The largest absolute Gasteiger partial charge is 0.496 e. The van der Waals surface area contributed by atoms with E-state index >= 15 is 0 Å². The second-order valence-corrected chi connectivity index (χ2v) is 9.83. The molecule has 2 aromatic carbocycles. The number of nitrogens with zero attached hydrogens (tertiary/aromatic N) is 2. The fourth-order valence-corrected chi connectivity index (χ4v) is 5.42. The summed E-state index contributed by atoms with van der Waals surface area (Å²) in [4.78, 5) is 31.9. The van der Waals surface area contributed by atoms with E-state index in [1.54, 1.807) is 25.5 Å². The summed E-state index contributed by atoms with van der Waals surface area (Å²) in [5, 5.41) is 0. The normalized spacial score (nSPS) is 15.7. The fourth-order valence-electron chi connectivity index (χ4n) is 4.38. The molecule has 0 N–H and O–H groups in total. The van der Waals surface area contributed by atoms with E-state index in [4.69, 9.17) is 9.47 Å². The minimum absolute atomic E-state index is 0.182. The number of aryl methyl sites for hydroxylation is 1. The first-order chi connectivity index (χ1) is 16.8. The Balaban J connectivity index is 1.95. The maximum atomic E-state index is 13.8. The predicted octanol–water partition coefficient (Wildman–Crippen LogP) is 4.24. The number of esters is 1. The molecule has 0 fully saturated rings. The molecule has 4 rings (SSSR count). The third-order valence-corrected chi connectivity index (χ3v) is 7.14. The van der Waals surface area contributed by atoms with Gasteiger partial charge in [0.25, 0.3) is 5.56 Å². The number of thiazole rings is 1. The lowest BCUT2D eigenvalue weighted by atomic mass is 9.96. The van der Waals surface area contributed by atoms with Gasteiger partial charge >= 0.3 is 5.97 Å². The number of rotatable bonds is 6. The van der Waals surface area contributed by atoms with E-state index in [0.29, 0.717) is 20.6 Å². The van der Waals surface area contributed by atoms with Gasteiger partial charge in [-0.1, -0.05) is 55.5 Å². The number of ether oxygens (including phenoxy) is 2. The van der Waals surface area contributed by atoms with Crippen LogP contribution in [0, 0.1) is 6.92 Å². The number of aromatic nitrogens is 1. The zero-order valence-corrected chi connectivity index (χ0v) is 21.7. The molecule has 0 saturated carbocycles. The van der Waals surface area contributed by atoms with Gasteiger partial charge in [-0.25, -0.2) is 9.79 Å². The summed E-state index contributed by atoms with van der Waals surface area (Å²) in [5.74, 6) is 0.658. The quantitative estimate of drug-likeness (QED) is 0.485. The van der Waals surface area contributed by atoms with Gasteiger partial charge in [0.1, 0.15) is 5.75 Å². The third kappa shape index (κ3) is 4.60. The molecule has 1 aliphatic rings. The minimum Gasteiger partial charge on any atom is -0.496 e. The van der Waals surface area contributed by atoms with E-state index in [1.807, 2.05) is 49.4 Å². The van der Waals surface area contributed by atoms with Crippen molar-refractivity contribution < 1.29 is 14.3 Å².